The minimum absolute atomic E-state index is 0.0138. The summed E-state index contributed by atoms with van der Waals surface area (Å²) in [5, 5.41) is 8.22. The molecule has 0 radical (unpaired) electrons. The van der Waals surface area contributed by atoms with E-state index in [-0.39, 0.29) is 18.1 Å². The van der Waals surface area contributed by atoms with Crippen LogP contribution in [0.1, 0.15) is 47.9 Å². The number of amides is 1. The van der Waals surface area contributed by atoms with Gasteiger partial charge in [-0.3, -0.25) is 9.78 Å². The van der Waals surface area contributed by atoms with E-state index in [4.69, 9.17) is 4.74 Å². The van der Waals surface area contributed by atoms with E-state index in [9.17, 15) is 4.79 Å². The third-order valence-electron chi connectivity index (χ3n) is 5.74. The van der Waals surface area contributed by atoms with Crippen LogP contribution in [0.3, 0.4) is 0 Å². The van der Waals surface area contributed by atoms with Gasteiger partial charge in [0.2, 0.25) is 0 Å². The first kappa shape index (κ1) is 16.6. The molecule has 0 N–H and O–H groups in total. The Bertz CT molecular complexity index is 833. The number of likely N-dealkylation sites (tertiary alicyclic amines) is 1. The molecule has 9 nitrogen and oxygen atoms in total. The van der Waals surface area contributed by atoms with Crippen LogP contribution in [0.5, 0.6) is 0 Å². The summed E-state index contributed by atoms with van der Waals surface area (Å²) in [7, 11) is 0. The van der Waals surface area contributed by atoms with E-state index in [0.717, 1.165) is 50.4 Å². The van der Waals surface area contributed by atoms with E-state index < -0.39 is 0 Å². The van der Waals surface area contributed by atoms with Crippen LogP contribution in [-0.2, 0) is 11.3 Å². The van der Waals surface area contributed by atoms with Crippen LogP contribution in [0.2, 0.25) is 0 Å². The fraction of sp³-hybridized carbons (Fsp3) is 0.611. The van der Waals surface area contributed by atoms with E-state index >= 15 is 0 Å². The smallest absolute Gasteiger partial charge is 0.274 e. The molecule has 0 aromatic carbocycles. The second-order valence-electron chi connectivity index (χ2n) is 7.44. The standard InChI is InChI=1S/C18H23N7O2/c26-18(23-5-2-1-3-6-23)14-9-19-10-17(21-14)24-7-4-15-16(11-24)27-12-13-8-20-22-25(13)15/h8-10,15-16H,1-7,11-12H2/t15-,16-/m0/s1. The average Bonchev–Trinajstić information content (AvgIpc) is 3.23. The van der Waals surface area contributed by atoms with Crippen LogP contribution >= 0.6 is 0 Å². The minimum atomic E-state index is -0.0138. The minimum Gasteiger partial charge on any atom is -0.368 e. The molecule has 0 spiro atoms. The molecule has 3 aliphatic rings. The SMILES string of the molecule is O=C(c1cncc(N2CC[C@H]3[C@H](C2)OCc2cnnn23)n1)N1CCCCC1. The van der Waals surface area contributed by atoms with Crippen LogP contribution < -0.4 is 4.90 Å². The number of carbonyl (C=O) groups excluding carboxylic acids is 1. The first-order valence-electron chi connectivity index (χ1n) is 9.66. The van der Waals surface area contributed by atoms with Crippen molar-refractivity contribution in [2.24, 2.45) is 0 Å². The third-order valence-corrected chi connectivity index (χ3v) is 5.74. The molecule has 1 amide bonds. The molecule has 9 heteroatoms. The van der Waals surface area contributed by atoms with Crippen molar-refractivity contribution in [3.8, 4) is 0 Å². The quantitative estimate of drug-likeness (QED) is 0.781. The predicted octanol–water partition coefficient (Wildman–Crippen LogP) is 1.04. The third kappa shape index (κ3) is 3.05. The van der Waals surface area contributed by atoms with Gasteiger partial charge < -0.3 is 14.5 Å². The van der Waals surface area contributed by atoms with Gasteiger partial charge >= 0.3 is 0 Å². The lowest BCUT2D eigenvalue weighted by Crippen LogP contribution is -2.49. The van der Waals surface area contributed by atoms with Gasteiger partial charge in [0.05, 0.1) is 43.0 Å². The summed E-state index contributed by atoms with van der Waals surface area (Å²) in [4.78, 5) is 25.7. The molecule has 0 aliphatic carbocycles. The summed E-state index contributed by atoms with van der Waals surface area (Å²) in [6, 6.07) is 0.207. The Morgan fingerprint density at radius 2 is 2.00 bits per heavy atom. The Labute approximate surface area is 157 Å². The van der Waals surface area contributed by atoms with Gasteiger partial charge in [0.25, 0.3) is 5.91 Å². The lowest BCUT2D eigenvalue weighted by atomic mass is 10.0. The monoisotopic (exact) mass is 369 g/mol. The Kier molecular flexibility index (Phi) is 4.23. The number of rotatable bonds is 2. The zero-order valence-electron chi connectivity index (χ0n) is 15.2. The van der Waals surface area contributed by atoms with Crippen molar-refractivity contribution in [2.75, 3.05) is 31.1 Å². The van der Waals surface area contributed by atoms with Gasteiger partial charge in [-0.1, -0.05) is 5.21 Å². The van der Waals surface area contributed by atoms with Crippen LogP contribution in [0.25, 0.3) is 0 Å². The van der Waals surface area contributed by atoms with Crippen molar-refractivity contribution < 1.29 is 9.53 Å². The molecule has 0 bridgehead atoms. The fourth-order valence-corrected chi connectivity index (χ4v) is 4.27. The van der Waals surface area contributed by atoms with Gasteiger partial charge in [-0.15, -0.1) is 5.10 Å². The number of aromatic nitrogens is 5. The average molecular weight is 369 g/mol. The number of hydrogen-bond donors (Lipinski definition) is 0. The van der Waals surface area contributed by atoms with Gasteiger partial charge in [0, 0.05) is 26.2 Å². The highest BCUT2D eigenvalue weighted by molar-refractivity contribution is 5.92. The molecule has 3 aliphatic heterocycles. The van der Waals surface area contributed by atoms with Gasteiger partial charge in [0.15, 0.2) is 0 Å². The van der Waals surface area contributed by atoms with Gasteiger partial charge in [-0.2, -0.15) is 0 Å². The zero-order valence-corrected chi connectivity index (χ0v) is 15.2. The normalized spacial score (nSPS) is 25.0. The summed E-state index contributed by atoms with van der Waals surface area (Å²) in [5.41, 5.74) is 1.46. The molecular formula is C18H23N7O2. The van der Waals surface area contributed by atoms with Crippen LogP contribution in [0, 0.1) is 0 Å². The topological polar surface area (TPSA) is 89.3 Å². The molecule has 142 valence electrons. The first-order chi connectivity index (χ1) is 13.3. The Balaban J connectivity index is 1.32. The molecule has 0 saturated carbocycles. The van der Waals surface area contributed by atoms with Crippen molar-refractivity contribution in [1.82, 2.24) is 29.9 Å². The van der Waals surface area contributed by atoms with Crippen LogP contribution in [0.4, 0.5) is 5.82 Å². The Morgan fingerprint density at radius 1 is 1.11 bits per heavy atom. The summed E-state index contributed by atoms with van der Waals surface area (Å²) < 4.78 is 8.02. The summed E-state index contributed by atoms with van der Waals surface area (Å²) in [6.45, 7) is 3.68. The van der Waals surface area contributed by atoms with Crippen molar-refractivity contribution in [1.29, 1.82) is 0 Å². The number of fused-ring (bicyclic) bond motifs is 3. The number of carbonyl (C=O) groups is 1. The van der Waals surface area contributed by atoms with E-state index in [1.165, 1.54) is 6.42 Å². The van der Waals surface area contributed by atoms with Crippen molar-refractivity contribution in [3.63, 3.8) is 0 Å². The Morgan fingerprint density at radius 3 is 2.89 bits per heavy atom. The number of anilines is 1. The maximum Gasteiger partial charge on any atom is 0.274 e. The number of hydrogen-bond acceptors (Lipinski definition) is 7. The highest BCUT2D eigenvalue weighted by Gasteiger charge is 2.37. The number of piperidine rings is 2. The molecule has 5 heterocycles. The number of nitrogens with zero attached hydrogens (tertiary/aromatic N) is 7. The highest BCUT2D eigenvalue weighted by atomic mass is 16.5. The van der Waals surface area contributed by atoms with E-state index in [0.29, 0.717) is 18.8 Å². The van der Waals surface area contributed by atoms with E-state index in [2.05, 4.69) is 25.2 Å². The van der Waals surface area contributed by atoms with Gasteiger partial charge in [-0.05, 0) is 25.7 Å². The van der Waals surface area contributed by atoms with Crippen LogP contribution in [0.15, 0.2) is 18.6 Å². The maximum atomic E-state index is 12.7. The number of ether oxygens (including phenoxy) is 1. The van der Waals surface area contributed by atoms with Crippen molar-refractivity contribution >= 4 is 11.7 Å². The molecule has 5 rings (SSSR count). The van der Waals surface area contributed by atoms with E-state index in [1.54, 1.807) is 18.6 Å². The largest absolute Gasteiger partial charge is 0.368 e. The zero-order chi connectivity index (χ0) is 18.2. The molecule has 2 aromatic heterocycles. The van der Waals surface area contributed by atoms with Gasteiger partial charge in [0.1, 0.15) is 11.5 Å². The molecule has 2 aromatic rings. The van der Waals surface area contributed by atoms with E-state index in [1.807, 2.05) is 9.58 Å². The lowest BCUT2D eigenvalue weighted by Gasteiger charge is -2.41. The highest BCUT2D eigenvalue weighted by Crippen LogP contribution is 2.31. The molecule has 2 saturated heterocycles. The molecule has 0 unspecified atom stereocenters. The van der Waals surface area contributed by atoms with Crippen molar-refractivity contribution in [3.05, 3.63) is 30.0 Å². The second-order valence-corrected chi connectivity index (χ2v) is 7.44. The molecule has 2 fully saturated rings. The summed E-state index contributed by atoms with van der Waals surface area (Å²) in [5.74, 6) is 0.726. The maximum absolute atomic E-state index is 12.7. The first-order valence-corrected chi connectivity index (χ1v) is 9.66. The molecular weight excluding hydrogens is 346 g/mol. The van der Waals surface area contributed by atoms with Crippen molar-refractivity contribution in [2.45, 2.75) is 44.4 Å². The predicted molar refractivity (Wildman–Crippen MR) is 96.3 cm³/mol. The summed E-state index contributed by atoms with van der Waals surface area (Å²) >= 11 is 0. The molecule has 2 atom stereocenters. The van der Waals surface area contributed by atoms with Crippen LogP contribution in [-0.4, -0.2) is 68.1 Å². The Hall–Kier alpha value is -2.55. The fourth-order valence-electron chi connectivity index (χ4n) is 4.27. The second kappa shape index (κ2) is 6.88. The lowest BCUT2D eigenvalue weighted by molar-refractivity contribution is -0.0335. The van der Waals surface area contributed by atoms with Gasteiger partial charge in [-0.25, -0.2) is 9.67 Å². The summed E-state index contributed by atoms with van der Waals surface area (Å²) in [6.07, 6.45) is 9.33. The molecule has 27 heavy (non-hydrogen) atoms.